The number of likely N-dealkylation sites (tertiary alicyclic amines) is 1. The molecule has 1 N–H and O–H groups in total. The first-order valence-electron chi connectivity index (χ1n) is 8.70. The van der Waals surface area contributed by atoms with E-state index in [0.29, 0.717) is 5.92 Å². The largest absolute Gasteiger partial charge is 0.444 e. The lowest BCUT2D eigenvalue weighted by Gasteiger charge is -2.33. The lowest BCUT2D eigenvalue weighted by molar-refractivity contribution is 0.0184. The molecular formula is C17H32N2O3. The Balaban J connectivity index is 1.55. The molecular weight excluding hydrogens is 280 g/mol. The van der Waals surface area contributed by atoms with Gasteiger partial charge in [-0.2, -0.15) is 0 Å². The van der Waals surface area contributed by atoms with Gasteiger partial charge in [0.25, 0.3) is 0 Å². The van der Waals surface area contributed by atoms with E-state index in [-0.39, 0.29) is 6.09 Å². The molecule has 2 aliphatic heterocycles. The van der Waals surface area contributed by atoms with Gasteiger partial charge in [-0.25, -0.2) is 4.79 Å². The summed E-state index contributed by atoms with van der Waals surface area (Å²) in [4.78, 5) is 13.8. The Morgan fingerprint density at radius 1 is 1.23 bits per heavy atom. The maximum atomic E-state index is 12.0. The minimum absolute atomic E-state index is 0.167. The first-order chi connectivity index (χ1) is 10.4. The summed E-state index contributed by atoms with van der Waals surface area (Å²) in [6.45, 7) is 11.4. The van der Waals surface area contributed by atoms with Crippen LogP contribution in [0.4, 0.5) is 4.79 Å². The van der Waals surface area contributed by atoms with E-state index < -0.39 is 5.60 Å². The predicted molar refractivity (Wildman–Crippen MR) is 86.9 cm³/mol. The van der Waals surface area contributed by atoms with Gasteiger partial charge >= 0.3 is 6.09 Å². The van der Waals surface area contributed by atoms with Gasteiger partial charge in [0, 0.05) is 26.3 Å². The van der Waals surface area contributed by atoms with E-state index in [9.17, 15) is 4.79 Å². The maximum Gasteiger partial charge on any atom is 0.410 e. The van der Waals surface area contributed by atoms with Crippen molar-refractivity contribution in [2.75, 3.05) is 39.4 Å². The van der Waals surface area contributed by atoms with Crippen LogP contribution in [0, 0.1) is 11.8 Å². The summed E-state index contributed by atoms with van der Waals surface area (Å²) < 4.78 is 10.8. The summed E-state index contributed by atoms with van der Waals surface area (Å²) in [7, 11) is 0. The molecule has 5 nitrogen and oxygen atoms in total. The molecule has 0 saturated carbocycles. The molecule has 0 aromatic heterocycles. The molecule has 2 heterocycles. The molecule has 22 heavy (non-hydrogen) atoms. The van der Waals surface area contributed by atoms with Crippen molar-refractivity contribution in [2.45, 2.75) is 52.1 Å². The summed E-state index contributed by atoms with van der Waals surface area (Å²) in [5.41, 5.74) is -0.403. The van der Waals surface area contributed by atoms with Crippen LogP contribution >= 0.6 is 0 Å². The molecule has 2 aliphatic rings. The van der Waals surface area contributed by atoms with Crippen molar-refractivity contribution in [3.8, 4) is 0 Å². The van der Waals surface area contributed by atoms with E-state index in [1.807, 2.05) is 25.7 Å². The number of hydrogen-bond donors (Lipinski definition) is 1. The van der Waals surface area contributed by atoms with Crippen molar-refractivity contribution in [1.29, 1.82) is 0 Å². The smallest absolute Gasteiger partial charge is 0.410 e. The second-order valence-electron chi connectivity index (χ2n) is 7.63. The zero-order valence-corrected chi connectivity index (χ0v) is 14.4. The molecule has 1 unspecified atom stereocenters. The van der Waals surface area contributed by atoms with Gasteiger partial charge in [-0.15, -0.1) is 0 Å². The fraction of sp³-hybridized carbons (Fsp3) is 0.941. The molecule has 5 heteroatoms. The zero-order chi connectivity index (χ0) is 16.0. The SMILES string of the molecule is CC(C)(C)OC(=O)N1CCC(CNCCC2CCOC2)CC1. The number of carbonyl (C=O) groups is 1. The van der Waals surface area contributed by atoms with Crippen LogP contribution in [-0.2, 0) is 9.47 Å². The normalized spacial score (nSPS) is 23.8. The summed E-state index contributed by atoms with van der Waals surface area (Å²) in [6, 6.07) is 0. The molecule has 0 spiro atoms. The summed E-state index contributed by atoms with van der Waals surface area (Å²) >= 11 is 0. The highest BCUT2D eigenvalue weighted by Crippen LogP contribution is 2.19. The molecule has 0 radical (unpaired) electrons. The number of carbonyl (C=O) groups excluding carboxylic acids is 1. The van der Waals surface area contributed by atoms with E-state index in [0.717, 1.165) is 58.2 Å². The molecule has 0 bridgehead atoms. The predicted octanol–water partition coefficient (Wildman–Crippen LogP) is 2.65. The first-order valence-corrected chi connectivity index (χ1v) is 8.70. The standard InChI is InChI=1S/C17H32N2O3/c1-17(2,3)22-16(20)19-9-5-14(6-10-19)12-18-8-4-15-7-11-21-13-15/h14-15,18H,4-13H2,1-3H3. The summed E-state index contributed by atoms with van der Waals surface area (Å²) in [5.74, 6) is 1.43. The van der Waals surface area contributed by atoms with Crippen LogP contribution in [0.25, 0.3) is 0 Å². The Morgan fingerprint density at radius 2 is 1.95 bits per heavy atom. The Kier molecular flexibility index (Phi) is 6.50. The Bertz CT molecular complexity index is 340. The van der Waals surface area contributed by atoms with Gasteiger partial charge in [0.15, 0.2) is 0 Å². The quantitative estimate of drug-likeness (QED) is 0.793. The second-order valence-corrected chi connectivity index (χ2v) is 7.63. The van der Waals surface area contributed by atoms with E-state index in [1.54, 1.807) is 0 Å². The van der Waals surface area contributed by atoms with Crippen molar-refractivity contribution >= 4 is 6.09 Å². The van der Waals surface area contributed by atoms with Crippen molar-refractivity contribution in [3.05, 3.63) is 0 Å². The number of nitrogens with zero attached hydrogens (tertiary/aromatic N) is 1. The number of rotatable bonds is 5. The van der Waals surface area contributed by atoms with Crippen LogP contribution in [0.2, 0.25) is 0 Å². The van der Waals surface area contributed by atoms with Crippen LogP contribution in [0.1, 0.15) is 46.5 Å². The Hall–Kier alpha value is -0.810. The van der Waals surface area contributed by atoms with Gasteiger partial charge in [0.2, 0.25) is 0 Å². The van der Waals surface area contributed by atoms with Gasteiger partial charge in [0.05, 0.1) is 0 Å². The van der Waals surface area contributed by atoms with Crippen molar-refractivity contribution in [1.82, 2.24) is 10.2 Å². The minimum atomic E-state index is -0.403. The third kappa shape index (κ3) is 6.13. The second kappa shape index (κ2) is 8.16. The molecule has 128 valence electrons. The third-order valence-corrected chi connectivity index (χ3v) is 4.45. The molecule has 0 aromatic rings. The molecule has 2 fully saturated rings. The van der Waals surface area contributed by atoms with Crippen LogP contribution in [0.3, 0.4) is 0 Å². The van der Waals surface area contributed by atoms with E-state index >= 15 is 0 Å². The molecule has 1 amide bonds. The number of piperidine rings is 1. The molecule has 2 saturated heterocycles. The highest BCUT2D eigenvalue weighted by molar-refractivity contribution is 5.68. The third-order valence-electron chi connectivity index (χ3n) is 4.45. The fourth-order valence-electron chi connectivity index (χ4n) is 3.07. The fourth-order valence-corrected chi connectivity index (χ4v) is 3.07. The monoisotopic (exact) mass is 312 g/mol. The van der Waals surface area contributed by atoms with E-state index in [1.165, 1.54) is 12.8 Å². The highest BCUT2D eigenvalue weighted by Gasteiger charge is 2.26. The molecule has 1 atom stereocenters. The van der Waals surface area contributed by atoms with Gasteiger partial charge in [-0.05, 0) is 71.4 Å². The van der Waals surface area contributed by atoms with Crippen LogP contribution in [0.5, 0.6) is 0 Å². The van der Waals surface area contributed by atoms with Gasteiger partial charge in [-0.1, -0.05) is 0 Å². The lowest BCUT2D eigenvalue weighted by atomic mass is 9.97. The molecule has 0 aromatic carbocycles. The summed E-state index contributed by atoms with van der Waals surface area (Å²) in [6.07, 6.45) is 4.41. The Morgan fingerprint density at radius 3 is 2.55 bits per heavy atom. The van der Waals surface area contributed by atoms with Gasteiger partial charge in [0.1, 0.15) is 5.60 Å². The van der Waals surface area contributed by atoms with Crippen molar-refractivity contribution < 1.29 is 14.3 Å². The van der Waals surface area contributed by atoms with Crippen LogP contribution < -0.4 is 5.32 Å². The first kappa shape index (κ1) is 17.5. The number of amides is 1. The highest BCUT2D eigenvalue weighted by atomic mass is 16.6. The minimum Gasteiger partial charge on any atom is -0.444 e. The Labute approximate surface area is 134 Å². The van der Waals surface area contributed by atoms with Crippen LogP contribution in [0.15, 0.2) is 0 Å². The van der Waals surface area contributed by atoms with E-state index in [2.05, 4.69) is 5.32 Å². The number of hydrogen-bond acceptors (Lipinski definition) is 4. The average Bonchev–Trinajstić information content (AvgIpc) is 2.95. The average molecular weight is 312 g/mol. The summed E-state index contributed by atoms with van der Waals surface area (Å²) in [5, 5.41) is 3.57. The number of ether oxygens (including phenoxy) is 2. The van der Waals surface area contributed by atoms with Crippen molar-refractivity contribution in [2.24, 2.45) is 11.8 Å². The molecule has 2 rings (SSSR count). The molecule has 0 aliphatic carbocycles. The van der Waals surface area contributed by atoms with E-state index in [4.69, 9.17) is 9.47 Å². The van der Waals surface area contributed by atoms with Gasteiger partial charge in [-0.3, -0.25) is 0 Å². The van der Waals surface area contributed by atoms with Crippen molar-refractivity contribution in [3.63, 3.8) is 0 Å². The number of nitrogens with one attached hydrogen (secondary N) is 1. The van der Waals surface area contributed by atoms with Gasteiger partial charge < -0.3 is 19.7 Å². The van der Waals surface area contributed by atoms with Crippen LogP contribution in [-0.4, -0.2) is 56.0 Å². The maximum absolute atomic E-state index is 12.0. The lowest BCUT2D eigenvalue weighted by Crippen LogP contribution is -2.43. The topological polar surface area (TPSA) is 50.8 Å². The zero-order valence-electron chi connectivity index (χ0n) is 14.4.